The van der Waals surface area contributed by atoms with Gasteiger partial charge in [0, 0.05) is 23.5 Å². The number of aromatic nitrogens is 2. The van der Waals surface area contributed by atoms with Crippen molar-refractivity contribution < 1.29 is 9.53 Å². The molecule has 0 radical (unpaired) electrons. The van der Waals surface area contributed by atoms with Crippen LogP contribution >= 0.6 is 23.1 Å². The van der Waals surface area contributed by atoms with Gasteiger partial charge in [0.2, 0.25) is 0 Å². The molecule has 0 amide bonds. The molecule has 5 rings (SSSR count). The van der Waals surface area contributed by atoms with Crippen molar-refractivity contribution in [1.29, 1.82) is 0 Å². The Hall–Kier alpha value is -2.94. The molecule has 35 heavy (non-hydrogen) atoms. The fourth-order valence-electron chi connectivity index (χ4n) is 4.37. The second-order valence-corrected chi connectivity index (χ2v) is 10.4. The van der Waals surface area contributed by atoms with Gasteiger partial charge in [-0.15, -0.1) is 11.3 Å². The number of ether oxygens (including phenoxy) is 1. The Bertz CT molecular complexity index is 1410. The van der Waals surface area contributed by atoms with Gasteiger partial charge < -0.3 is 4.74 Å². The summed E-state index contributed by atoms with van der Waals surface area (Å²) in [6, 6.07) is 16.7. The lowest BCUT2D eigenvalue weighted by Crippen LogP contribution is -2.30. The number of thioether (sulfide) groups is 1. The maximum Gasteiger partial charge on any atom is 0.267 e. The maximum atomic E-state index is 13.9. The Labute approximate surface area is 212 Å². The van der Waals surface area contributed by atoms with Crippen molar-refractivity contribution >= 4 is 39.1 Å². The number of Topliss-reactive ketones (excluding diaryl/α,β-unsaturated/α-hetero) is 1. The van der Waals surface area contributed by atoms with Gasteiger partial charge in [-0.25, -0.2) is 4.98 Å². The van der Waals surface area contributed by atoms with E-state index in [2.05, 4.69) is 11.8 Å². The predicted octanol–water partition coefficient (Wildman–Crippen LogP) is 5.20. The standard InChI is InChI=1S/C27H27N3O3S2/c1-3-29-15-14-21-23(16-29)35-25-24(21)26(32)30(19-10-12-20(13-11-19)33-4-2)27(28-25)34-17-22(31)18-8-6-5-7-9-18/h5-13H,3-4,14-17H2,1-2H3. The summed E-state index contributed by atoms with van der Waals surface area (Å²) in [5, 5.41) is 1.25. The van der Waals surface area contributed by atoms with Crippen LogP contribution in [-0.2, 0) is 13.0 Å². The highest BCUT2D eigenvalue weighted by molar-refractivity contribution is 7.99. The normalized spacial score (nSPS) is 13.7. The number of carbonyl (C=O) groups excluding carboxylic acids is 1. The number of likely N-dealkylation sites (N-methyl/N-ethyl adjacent to an activating group) is 1. The Morgan fingerprint density at radius 3 is 2.60 bits per heavy atom. The third kappa shape index (κ3) is 4.78. The molecular weight excluding hydrogens is 478 g/mol. The summed E-state index contributed by atoms with van der Waals surface area (Å²) >= 11 is 2.91. The molecule has 0 spiro atoms. The van der Waals surface area contributed by atoms with Crippen LogP contribution in [-0.4, -0.2) is 45.7 Å². The van der Waals surface area contributed by atoms with Crippen LogP contribution < -0.4 is 10.3 Å². The summed E-state index contributed by atoms with van der Waals surface area (Å²) in [4.78, 5) is 36.1. The molecule has 0 fully saturated rings. The summed E-state index contributed by atoms with van der Waals surface area (Å²) in [5.41, 5.74) is 2.43. The number of thiophene rings is 1. The van der Waals surface area contributed by atoms with Crippen LogP contribution in [0.5, 0.6) is 5.75 Å². The van der Waals surface area contributed by atoms with Gasteiger partial charge in [-0.05, 0) is 49.7 Å². The zero-order valence-corrected chi connectivity index (χ0v) is 21.5. The molecule has 0 atom stereocenters. The first-order valence-corrected chi connectivity index (χ1v) is 13.6. The van der Waals surface area contributed by atoms with Crippen molar-refractivity contribution in [3.63, 3.8) is 0 Å². The number of rotatable bonds is 8. The SMILES string of the molecule is CCOc1ccc(-n2c(SCC(=O)c3ccccc3)nc3sc4c(c3c2=O)CCN(CC)C4)cc1. The average molecular weight is 506 g/mol. The number of carbonyl (C=O) groups is 1. The molecule has 6 nitrogen and oxygen atoms in total. The lowest BCUT2D eigenvalue weighted by molar-refractivity contribution is 0.102. The van der Waals surface area contributed by atoms with E-state index in [0.717, 1.165) is 42.2 Å². The van der Waals surface area contributed by atoms with Crippen LogP contribution in [0, 0.1) is 0 Å². The van der Waals surface area contributed by atoms with Gasteiger partial charge in [0.15, 0.2) is 10.9 Å². The predicted molar refractivity (Wildman–Crippen MR) is 143 cm³/mol. The summed E-state index contributed by atoms with van der Waals surface area (Å²) in [5.74, 6) is 0.958. The van der Waals surface area contributed by atoms with E-state index in [1.54, 1.807) is 15.9 Å². The van der Waals surface area contributed by atoms with Gasteiger partial charge in [0.25, 0.3) is 5.56 Å². The number of benzene rings is 2. The first kappa shape index (κ1) is 23.8. The lowest BCUT2D eigenvalue weighted by atomic mass is 10.1. The van der Waals surface area contributed by atoms with E-state index in [1.807, 2.05) is 61.5 Å². The molecule has 0 unspecified atom stereocenters. The topological polar surface area (TPSA) is 64.4 Å². The molecular formula is C27H27N3O3S2. The van der Waals surface area contributed by atoms with Crippen molar-refractivity contribution in [3.05, 3.63) is 81.0 Å². The molecule has 1 aliphatic rings. The molecule has 1 aliphatic heterocycles. The van der Waals surface area contributed by atoms with Crippen molar-refractivity contribution in [3.8, 4) is 11.4 Å². The molecule has 0 aliphatic carbocycles. The van der Waals surface area contributed by atoms with Crippen molar-refractivity contribution in [1.82, 2.24) is 14.5 Å². The highest BCUT2D eigenvalue weighted by atomic mass is 32.2. The molecule has 2 aromatic carbocycles. The first-order valence-electron chi connectivity index (χ1n) is 11.8. The second-order valence-electron chi connectivity index (χ2n) is 8.34. The molecule has 0 bridgehead atoms. The van der Waals surface area contributed by atoms with Crippen LogP contribution in [0.25, 0.3) is 15.9 Å². The Morgan fingerprint density at radius 2 is 1.89 bits per heavy atom. The van der Waals surface area contributed by atoms with Gasteiger partial charge in [-0.1, -0.05) is 49.0 Å². The Balaban J connectivity index is 1.59. The van der Waals surface area contributed by atoms with Gasteiger partial charge in [-0.3, -0.25) is 19.1 Å². The fraction of sp³-hybridized carbons (Fsp3) is 0.296. The van der Waals surface area contributed by atoms with E-state index >= 15 is 0 Å². The minimum Gasteiger partial charge on any atom is -0.494 e. The van der Waals surface area contributed by atoms with Gasteiger partial charge >= 0.3 is 0 Å². The molecule has 2 aromatic heterocycles. The van der Waals surface area contributed by atoms with Crippen molar-refractivity contribution in [2.75, 3.05) is 25.4 Å². The summed E-state index contributed by atoms with van der Waals surface area (Å²) < 4.78 is 7.24. The van der Waals surface area contributed by atoms with E-state index in [-0.39, 0.29) is 17.1 Å². The average Bonchev–Trinajstić information content (AvgIpc) is 3.26. The molecule has 0 saturated heterocycles. The molecule has 3 heterocycles. The summed E-state index contributed by atoms with van der Waals surface area (Å²) in [7, 11) is 0. The van der Waals surface area contributed by atoms with E-state index < -0.39 is 0 Å². The van der Waals surface area contributed by atoms with Crippen LogP contribution in [0.3, 0.4) is 0 Å². The molecule has 0 saturated carbocycles. The fourth-order valence-corrected chi connectivity index (χ4v) is 6.58. The highest BCUT2D eigenvalue weighted by Gasteiger charge is 2.25. The summed E-state index contributed by atoms with van der Waals surface area (Å²) in [6.07, 6.45) is 0.850. The molecule has 180 valence electrons. The Morgan fingerprint density at radius 1 is 1.11 bits per heavy atom. The number of fused-ring (bicyclic) bond motifs is 3. The number of nitrogens with zero attached hydrogens (tertiary/aromatic N) is 3. The largest absolute Gasteiger partial charge is 0.494 e. The van der Waals surface area contributed by atoms with E-state index in [9.17, 15) is 9.59 Å². The maximum absolute atomic E-state index is 13.9. The van der Waals surface area contributed by atoms with Gasteiger partial charge in [-0.2, -0.15) is 0 Å². The second kappa shape index (κ2) is 10.4. The minimum atomic E-state index is -0.0729. The molecule has 4 aromatic rings. The van der Waals surface area contributed by atoms with E-state index in [1.165, 1.54) is 16.6 Å². The van der Waals surface area contributed by atoms with Crippen LogP contribution in [0.2, 0.25) is 0 Å². The molecule has 8 heteroatoms. The van der Waals surface area contributed by atoms with Gasteiger partial charge in [0.1, 0.15) is 10.6 Å². The van der Waals surface area contributed by atoms with Crippen LogP contribution in [0.4, 0.5) is 0 Å². The Kier molecular flexibility index (Phi) is 7.04. The monoisotopic (exact) mass is 505 g/mol. The highest BCUT2D eigenvalue weighted by Crippen LogP contribution is 2.34. The third-order valence-electron chi connectivity index (χ3n) is 6.20. The number of ketones is 1. The first-order chi connectivity index (χ1) is 17.1. The van der Waals surface area contributed by atoms with Gasteiger partial charge in [0.05, 0.1) is 23.4 Å². The lowest BCUT2D eigenvalue weighted by Gasteiger charge is -2.25. The van der Waals surface area contributed by atoms with Crippen molar-refractivity contribution in [2.24, 2.45) is 0 Å². The van der Waals surface area contributed by atoms with Crippen LogP contribution in [0.15, 0.2) is 64.5 Å². The molecule has 0 N–H and O–H groups in total. The quantitative estimate of drug-likeness (QED) is 0.186. The third-order valence-corrected chi connectivity index (χ3v) is 8.25. The minimum absolute atomic E-state index is 0.00671. The van der Waals surface area contributed by atoms with Crippen molar-refractivity contribution in [2.45, 2.75) is 32.0 Å². The summed E-state index contributed by atoms with van der Waals surface area (Å²) in [6.45, 7) is 7.46. The zero-order valence-electron chi connectivity index (χ0n) is 19.8. The number of hydrogen-bond donors (Lipinski definition) is 0. The zero-order chi connectivity index (χ0) is 24.4. The smallest absolute Gasteiger partial charge is 0.267 e. The van der Waals surface area contributed by atoms with E-state index in [0.29, 0.717) is 28.4 Å². The van der Waals surface area contributed by atoms with Crippen LogP contribution in [0.1, 0.15) is 34.6 Å². The van der Waals surface area contributed by atoms with E-state index in [4.69, 9.17) is 9.72 Å². The number of hydrogen-bond acceptors (Lipinski definition) is 7.